The Balaban J connectivity index is 1.47. The molecule has 0 aromatic carbocycles. The number of hydrogen-bond donors (Lipinski definition) is 5. The number of nitrogens with two attached hydrogens (primary N) is 2. The molecule has 32 heavy (non-hydrogen) atoms. The van der Waals surface area contributed by atoms with Crippen molar-refractivity contribution in [3.05, 3.63) is 0 Å². The molecule has 4 rings (SSSR count). The first-order valence-electron chi connectivity index (χ1n) is 12.7. The summed E-state index contributed by atoms with van der Waals surface area (Å²) in [6.07, 6.45) is 7.84. The molecule has 2 saturated heterocycles. The quantitative estimate of drug-likeness (QED) is 0.408. The van der Waals surface area contributed by atoms with E-state index in [2.05, 4.69) is 41.6 Å². The van der Waals surface area contributed by atoms with Gasteiger partial charge in [-0.25, -0.2) is 0 Å². The Kier molecular flexibility index (Phi) is 7.21. The third-order valence-corrected chi connectivity index (χ3v) is 8.73. The molecule has 2 aliphatic heterocycles. The van der Waals surface area contributed by atoms with Gasteiger partial charge in [0.05, 0.1) is 17.7 Å². The number of methoxy groups -OCH3 is 1. The van der Waals surface area contributed by atoms with Gasteiger partial charge in [-0.3, -0.25) is 25.6 Å². The molecule has 0 aromatic heterocycles. The van der Waals surface area contributed by atoms with Crippen molar-refractivity contribution >= 4 is 5.91 Å². The van der Waals surface area contributed by atoms with Gasteiger partial charge < -0.3 is 16.2 Å². The minimum absolute atomic E-state index is 0.0148. The molecule has 1 amide bonds. The summed E-state index contributed by atoms with van der Waals surface area (Å²) in [5.41, 5.74) is 12.4. The van der Waals surface area contributed by atoms with E-state index in [0.717, 1.165) is 38.8 Å². The Hall–Kier alpha value is -0.770. The summed E-state index contributed by atoms with van der Waals surface area (Å²) in [6, 6.07) is 0.551. The van der Waals surface area contributed by atoms with Gasteiger partial charge in [0, 0.05) is 38.8 Å². The summed E-state index contributed by atoms with van der Waals surface area (Å²) in [7, 11) is 1.88. The second kappa shape index (κ2) is 9.47. The van der Waals surface area contributed by atoms with Crippen molar-refractivity contribution in [1.29, 1.82) is 0 Å². The van der Waals surface area contributed by atoms with Crippen molar-refractivity contribution in [2.24, 2.45) is 34.6 Å². The third kappa shape index (κ3) is 5.31. The molecule has 0 bridgehead atoms. The minimum atomic E-state index is -0.282. The fourth-order valence-electron chi connectivity index (χ4n) is 6.39. The molecular formula is C24H46N6O2. The number of nitrogens with zero attached hydrogens (tertiary/aromatic N) is 1. The first-order chi connectivity index (χ1) is 15.1. The fourth-order valence-corrected chi connectivity index (χ4v) is 6.39. The van der Waals surface area contributed by atoms with Gasteiger partial charge in [0.15, 0.2) is 0 Å². The average molecular weight is 451 g/mol. The van der Waals surface area contributed by atoms with Crippen LogP contribution < -0.4 is 27.4 Å². The van der Waals surface area contributed by atoms with Crippen LogP contribution in [0.5, 0.6) is 0 Å². The van der Waals surface area contributed by atoms with Gasteiger partial charge in [-0.1, -0.05) is 20.8 Å². The lowest BCUT2D eigenvalue weighted by molar-refractivity contribution is -0.125. The van der Waals surface area contributed by atoms with Crippen molar-refractivity contribution in [2.75, 3.05) is 26.7 Å². The molecule has 8 heteroatoms. The molecule has 7 atom stereocenters. The van der Waals surface area contributed by atoms with Crippen molar-refractivity contribution in [3.63, 3.8) is 0 Å². The molecule has 6 unspecified atom stereocenters. The van der Waals surface area contributed by atoms with E-state index in [1.165, 1.54) is 19.3 Å². The van der Waals surface area contributed by atoms with Crippen molar-refractivity contribution in [2.45, 2.75) is 95.9 Å². The van der Waals surface area contributed by atoms with E-state index in [9.17, 15) is 4.79 Å². The SMILES string of the molecule is COC1(C2CC(NC3NC(N4CCC[C@H](N)C4)NCC3C(N)=O)CC(C(C)(C)C)C2)CC1. The number of piperidine rings is 1. The molecule has 0 aromatic rings. The van der Waals surface area contributed by atoms with E-state index in [4.69, 9.17) is 16.2 Å². The summed E-state index contributed by atoms with van der Waals surface area (Å²) in [6.45, 7) is 9.53. The number of likely N-dealkylation sites (tertiary alicyclic amines) is 1. The predicted molar refractivity (Wildman–Crippen MR) is 126 cm³/mol. The normalized spacial score (nSPS) is 40.7. The van der Waals surface area contributed by atoms with Gasteiger partial charge in [0.25, 0.3) is 0 Å². The van der Waals surface area contributed by atoms with Crippen LogP contribution in [0.4, 0.5) is 0 Å². The summed E-state index contributed by atoms with van der Waals surface area (Å²) < 4.78 is 6.01. The number of ether oxygens (including phenoxy) is 1. The van der Waals surface area contributed by atoms with Crippen molar-refractivity contribution < 1.29 is 9.53 Å². The van der Waals surface area contributed by atoms with Crippen LogP contribution in [0.1, 0.15) is 65.7 Å². The molecular weight excluding hydrogens is 404 g/mol. The predicted octanol–water partition coefficient (Wildman–Crippen LogP) is 0.913. The zero-order valence-electron chi connectivity index (χ0n) is 20.5. The number of rotatable bonds is 6. The zero-order chi connectivity index (χ0) is 23.1. The molecule has 0 radical (unpaired) electrons. The van der Waals surface area contributed by atoms with Crippen LogP contribution in [0.25, 0.3) is 0 Å². The van der Waals surface area contributed by atoms with Crippen LogP contribution in [-0.4, -0.2) is 67.7 Å². The number of carbonyl (C=O) groups is 1. The summed E-state index contributed by atoms with van der Waals surface area (Å²) >= 11 is 0. The summed E-state index contributed by atoms with van der Waals surface area (Å²) in [4.78, 5) is 14.7. The summed E-state index contributed by atoms with van der Waals surface area (Å²) in [5.74, 6) is 0.644. The highest BCUT2D eigenvalue weighted by atomic mass is 16.5. The topological polar surface area (TPSA) is 118 Å². The maximum absolute atomic E-state index is 12.3. The Morgan fingerprint density at radius 2 is 1.97 bits per heavy atom. The van der Waals surface area contributed by atoms with E-state index in [1.807, 2.05) is 7.11 Å². The molecule has 4 aliphatic rings. The lowest BCUT2D eigenvalue weighted by Gasteiger charge is -2.48. The molecule has 2 saturated carbocycles. The number of amides is 1. The maximum atomic E-state index is 12.3. The lowest BCUT2D eigenvalue weighted by atomic mass is 9.65. The molecule has 8 nitrogen and oxygen atoms in total. The Labute approximate surface area is 193 Å². The van der Waals surface area contributed by atoms with Gasteiger partial charge in [0.1, 0.15) is 6.29 Å². The van der Waals surface area contributed by atoms with Crippen LogP contribution in [0.15, 0.2) is 0 Å². The standard InChI is InChI=1S/C24H46N6O2/c1-23(2,3)15-10-16(24(32-4)7-8-24)12-18(11-15)28-21-19(20(26)31)13-27-22(29-21)30-9-5-6-17(25)14-30/h15-19,21-22,27-29H,5-14,25H2,1-4H3,(H2,26,31)/t15?,16?,17-,18?,19?,21?,22?/m0/s1. The van der Waals surface area contributed by atoms with Gasteiger partial charge >= 0.3 is 0 Å². The number of hydrogen-bond acceptors (Lipinski definition) is 7. The van der Waals surface area contributed by atoms with Gasteiger partial charge in [-0.2, -0.15) is 0 Å². The highest BCUT2D eigenvalue weighted by molar-refractivity contribution is 5.77. The van der Waals surface area contributed by atoms with Crippen LogP contribution in [0.3, 0.4) is 0 Å². The molecule has 4 fully saturated rings. The fraction of sp³-hybridized carbons (Fsp3) is 0.958. The highest BCUT2D eigenvalue weighted by Crippen LogP contribution is 2.54. The molecule has 7 N–H and O–H groups in total. The first kappa shape index (κ1) is 24.4. The van der Waals surface area contributed by atoms with Crippen LogP contribution >= 0.6 is 0 Å². The number of primary amides is 1. The van der Waals surface area contributed by atoms with E-state index >= 15 is 0 Å². The molecule has 0 spiro atoms. The number of nitrogens with one attached hydrogen (secondary N) is 3. The van der Waals surface area contributed by atoms with E-state index in [0.29, 0.717) is 24.4 Å². The van der Waals surface area contributed by atoms with Crippen molar-refractivity contribution in [1.82, 2.24) is 20.9 Å². The monoisotopic (exact) mass is 450 g/mol. The van der Waals surface area contributed by atoms with Crippen molar-refractivity contribution in [3.8, 4) is 0 Å². The highest BCUT2D eigenvalue weighted by Gasteiger charge is 2.53. The maximum Gasteiger partial charge on any atom is 0.224 e. The van der Waals surface area contributed by atoms with Gasteiger partial charge in [-0.15, -0.1) is 0 Å². The minimum Gasteiger partial charge on any atom is -0.378 e. The van der Waals surface area contributed by atoms with E-state index in [-0.39, 0.29) is 41.3 Å². The molecule has 2 heterocycles. The van der Waals surface area contributed by atoms with Gasteiger partial charge in [-0.05, 0) is 62.2 Å². The lowest BCUT2D eigenvalue weighted by Crippen LogP contribution is -2.72. The first-order valence-corrected chi connectivity index (χ1v) is 12.7. The number of carbonyl (C=O) groups excluding carboxylic acids is 1. The Morgan fingerprint density at radius 1 is 1.22 bits per heavy atom. The zero-order valence-corrected chi connectivity index (χ0v) is 20.5. The third-order valence-electron chi connectivity index (χ3n) is 8.73. The van der Waals surface area contributed by atoms with E-state index in [1.54, 1.807) is 0 Å². The smallest absolute Gasteiger partial charge is 0.224 e. The van der Waals surface area contributed by atoms with Crippen LogP contribution in [-0.2, 0) is 9.53 Å². The van der Waals surface area contributed by atoms with Crippen LogP contribution in [0.2, 0.25) is 0 Å². The molecule has 2 aliphatic carbocycles. The Morgan fingerprint density at radius 3 is 2.56 bits per heavy atom. The molecule has 184 valence electrons. The van der Waals surface area contributed by atoms with Crippen LogP contribution in [0, 0.1) is 23.2 Å². The van der Waals surface area contributed by atoms with Gasteiger partial charge in [0.2, 0.25) is 5.91 Å². The second-order valence-electron chi connectivity index (χ2n) is 12.0. The largest absolute Gasteiger partial charge is 0.378 e. The average Bonchev–Trinajstić information content (AvgIpc) is 3.54. The Bertz CT molecular complexity index is 663. The van der Waals surface area contributed by atoms with E-state index < -0.39 is 0 Å². The summed E-state index contributed by atoms with van der Waals surface area (Å²) in [5, 5.41) is 11.0. The second-order valence-corrected chi connectivity index (χ2v) is 12.0.